The van der Waals surface area contributed by atoms with Crippen LogP contribution in [0.25, 0.3) is 0 Å². The van der Waals surface area contributed by atoms with Gasteiger partial charge in [0.1, 0.15) is 0 Å². The Balaban J connectivity index is 0.000000625. The van der Waals surface area contributed by atoms with Crippen LogP contribution in [-0.4, -0.2) is 66.2 Å². The maximum absolute atomic E-state index is 9.55. The van der Waals surface area contributed by atoms with E-state index in [1.54, 1.807) is 6.33 Å². The molecule has 0 aromatic carbocycles. The van der Waals surface area contributed by atoms with Crippen molar-refractivity contribution in [3.8, 4) is 0 Å². The molecule has 1 aliphatic carbocycles. The molecule has 2 aromatic heterocycles. The van der Waals surface area contributed by atoms with Gasteiger partial charge in [-0.15, -0.1) is 11.3 Å². The van der Waals surface area contributed by atoms with Gasteiger partial charge in [-0.3, -0.25) is 0 Å². The second-order valence-electron chi connectivity index (χ2n) is 7.74. The van der Waals surface area contributed by atoms with Crippen LogP contribution in [0.5, 0.6) is 0 Å². The van der Waals surface area contributed by atoms with Crippen LogP contribution < -0.4 is 22.1 Å². The van der Waals surface area contributed by atoms with Gasteiger partial charge in [-0.2, -0.15) is 4.99 Å². The number of hydrogen-bond acceptors (Lipinski definition) is 7. The molecule has 0 saturated heterocycles. The molecule has 0 amide bonds. The first kappa shape index (κ1) is 30.5. The average Bonchev–Trinajstić information content (AvgIpc) is 3.48. The molecule has 0 spiro atoms. The first-order valence-corrected chi connectivity index (χ1v) is 12.2. The average molecular weight is 541 g/mol. The summed E-state index contributed by atoms with van der Waals surface area (Å²) in [5.41, 5.74) is 13.1. The lowest BCUT2D eigenvalue weighted by Gasteiger charge is -2.29. The Morgan fingerprint density at radius 1 is 1.28 bits per heavy atom. The number of aromatic nitrogens is 3. The number of nitrogens with one attached hydrogen (secondary N) is 3. The largest absolute Gasteiger partial charge is 0.478 e. The van der Waals surface area contributed by atoms with Gasteiger partial charge in [0.25, 0.3) is 0 Å². The molecule has 3 rings (SSSR count). The zero-order valence-corrected chi connectivity index (χ0v) is 21.1. The van der Waals surface area contributed by atoms with Crippen molar-refractivity contribution in [1.29, 1.82) is 0 Å². The Morgan fingerprint density at radius 3 is 2.61 bits per heavy atom. The van der Waals surface area contributed by atoms with Crippen LogP contribution >= 0.6 is 23.6 Å². The number of rotatable bonds is 9. The van der Waals surface area contributed by atoms with Crippen LogP contribution in [0.1, 0.15) is 49.4 Å². The number of aliphatic carboxylic acids is 2. The number of H-pyrrole nitrogens is 1. The molecule has 0 bridgehead atoms. The summed E-state index contributed by atoms with van der Waals surface area (Å²) >= 11 is 6.93. The van der Waals surface area contributed by atoms with E-state index in [1.165, 1.54) is 11.3 Å². The van der Waals surface area contributed by atoms with Crippen molar-refractivity contribution in [2.75, 3.05) is 6.54 Å². The van der Waals surface area contributed by atoms with E-state index in [4.69, 9.17) is 33.9 Å². The second-order valence-corrected chi connectivity index (χ2v) is 8.99. The highest BCUT2D eigenvalue weighted by atomic mass is 32.1. The summed E-state index contributed by atoms with van der Waals surface area (Å²) in [6.45, 7) is 0.842. The third kappa shape index (κ3) is 12.2. The lowest BCUT2D eigenvalue weighted by molar-refractivity contribution is -0.134. The van der Waals surface area contributed by atoms with Gasteiger partial charge in [0, 0.05) is 47.9 Å². The normalized spacial score (nSPS) is 16.7. The summed E-state index contributed by atoms with van der Waals surface area (Å²) in [7, 11) is 0. The molecule has 2 aromatic rings. The molecule has 0 radical (unpaired) electrons. The van der Waals surface area contributed by atoms with Gasteiger partial charge in [-0.25, -0.2) is 19.6 Å². The third-order valence-electron chi connectivity index (χ3n) is 4.99. The Hall–Kier alpha value is -3.56. The zero-order chi connectivity index (χ0) is 25.6. The number of carboxylic acids is 2. The summed E-state index contributed by atoms with van der Waals surface area (Å²) in [5.74, 6) is -2.05. The SMILES string of the molecule is NC(N)=Nc1nc(C2CCCC(NC(=S)NCCCc3cnc[nH]3)C2)cs1.O.O=C(O)/C=C\C(=O)O. The lowest BCUT2D eigenvalue weighted by Crippen LogP contribution is -2.44. The summed E-state index contributed by atoms with van der Waals surface area (Å²) in [4.78, 5) is 34.8. The molecular weight excluding hydrogens is 508 g/mol. The van der Waals surface area contributed by atoms with Crippen molar-refractivity contribution >= 4 is 51.7 Å². The second kappa shape index (κ2) is 16.2. The van der Waals surface area contributed by atoms with E-state index in [-0.39, 0.29) is 11.4 Å². The van der Waals surface area contributed by atoms with Gasteiger partial charge >= 0.3 is 11.9 Å². The minimum atomic E-state index is -1.26. The topological polar surface area (TPSA) is 236 Å². The highest BCUT2D eigenvalue weighted by molar-refractivity contribution is 7.80. The van der Waals surface area contributed by atoms with Crippen LogP contribution in [0.15, 0.2) is 35.0 Å². The number of thiocarbonyl (C=S) groups is 1. The summed E-state index contributed by atoms with van der Waals surface area (Å²) < 4.78 is 0. The van der Waals surface area contributed by atoms with Crippen molar-refractivity contribution < 1.29 is 25.3 Å². The van der Waals surface area contributed by atoms with Crippen molar-refractivity contribution in [1.82, 2.24) is 25.6 Å². The molecule has 36 heavy (non-hydrogen) atoms. The minimum Gasteiger partial charge on any atom is -0.478 e. The molecule has 198 valence electrons. The Morgan fingerprint density at radius 2 is 2.00 bits per heavy atom. The third-order valence-corrected chi connectivity index (χ3v) is 6.01. The van der Waals surface area contributed by atoms with E-state index >= 15 is 0 Å². The van der Waals surface area contributed by atoms with Crippen LogP contribution in [0.4, 0.5) is 5.13 Å². The number of aromatic amines is 1. The van der Waals surface area contributed by atoms with Gasteiger partial charge < -0.3 is 42.8 Å². The first-order valence-electron chi connectivity index (χ1n) is 10.9. The van der Waals surface area contributed by atoms with Gasteiger partial charge in [0.2, 0.25) is 5.13 Å². The van der Waals surface area contributed by atoms with E-state index < -0.39 is 11.9 Å². The number of carboxylic acid groups (broad SMARTS) is 2. The Kier molecular flexibility index (Phi) is 13.7. The van der Waals surface area contributed by atoms with Gasteiger partial charge in [-0.1, -0.05) is 6.42 Å². The fraction of sp³-hybridized carbons (Fsp3) is 0.429. The standard InChI is InChI=1S/C17H26N8S2.C4H4O4.H2O/c18-15(19)25-17-24-14(9-27-17)11-3-1-4-12(7-11)23-16(26)21-6-2-5-13-8-20-10-22-13;5-3(6)1-2-4(7)8;/h8-12H,1-7H2,(H,20,22)(H2,21,23,26)(H4,18,19,24,25);1-2H,(H,5,6)(H,7,8);1H2/b;2-1-;. The highest BCUT2D eigenvalue weighted by Gasteiger charge is 2.25. The molecule has 0 aliphatic heterocycles. The monoisotopic (exact) mass is 540 g/mol. The smallest absolute Gasteiger partial charge is 0.328 e. The number of aryl methyl sites for hydroxylation is 1. The van der Waals surface area contributed by atoms with Crippen LogP contribution in [0.2, 0.25) is 0 Å². The molecule has 2 unspecified atom stereocenters. The zero-order valence-electron chi connectivity index (χ0n) is 19.5. The first-order chi connectivity index (χ1) is 16.7. The number of imidazole rings is 1. The quantitative estimate of drug-likeness (QED) is 0.0771. The van der Waals surface area contributed by atoms with E-state index in [0.717, 1.165) is 61.6 Å². The molecule has 1 fully saturated rings. The molecule has 2 heterocycles. The maximum Gasteiger partial charge on any atom is 0.328 e. The number of guanidine groups is 1. The number of hydrogen-bond donors (Lipinski definition) is 7. The van der Waals surface area contributed by atoms with E-state index in [9.17, 15) is 9.59 Å². The summed E-state index contributed by atoms with van der Waals surface area (Å²) in [6, 6.07) is 0.365. The predicted octanol–water partition coefficient (Wildman–Crippen LogP) is 0.781. The molecule has 15 heteroatoms. The van der Waals surface area contributed by atoms with E-state index in [1.807, 2.05) is 6.20 Å². The molecule has 2 atom stereocenters. The fourth-order valence-corrected chi connectivity index (χ4v) is 4.55. The predicted molar refractivity (Wildman–Crippen MR) is 141 cm³/mol. The van der Waals surface area contributed by atoms with Crippen molar-refractivity contribution in [3.63, 3.8) is 0 Å². The molecule has 11 N–H and O–H groups in total. The minimum absolute atomic E-state index is 0. The van der Waals surface area contributed by atoms with Crippen LogP contribution in [0.3, 0.4) is 0 Å². The van der Waals surface area contributed by atoms with Crippen molar-refractivity contribution in [2.45, 2.75) is 50.5 Å². The highest BCUT2D eigenvalue weighted by Crippen LogP contribution is 2.35. The Bertz CT molecular complexity index is 1010. The molecule has 1 aliphatic rings. The molecule has 1 saturated carbocycles. The number of nitrogens with two attached hydrogens (primary N) is 2. The summed E-state index contributed by atoms with van der Waals surface area (Å²) in [6.07, 6.45) is 11.1. The lowest BCUT2D eigenvalue weighted by atomic mass is 9.84. The van der Waals surface area contributed by atoms with E-state index in [0.29, 0.717) is 29.2 Å². The number of thiazole rings is 1. The molecular formula is C21H32N8O5S2. The van der Waals surface area contributed by atoms with E-state index in [2.05, 4.69) is 36.0 Å². The fourth-order valence-electron chi connectivity index (χ4n) is 3.50. The number of nitrogens with zero attached hydrogens (tertiary/aromatic N) is 3. The maximum atomic E-state index is 9.55. The van der Waals surface area contributed by atoms with Gasteiger partial charge in [0.15, 0.2) is 11.1 Å². The number of carbonyl (C=O) groups is 2. The van der Waals surface area contributed by atoms with Crippen LogP contribution in [0, 0.1) is 0 Å². The summed E-state index contributed by atoms with van der Waals surface area (Å²) in [5, 5.41) is 25.8. The Labute approximate surface area is 217 Å². The van der Waals surface area contributed by atoms with Crippen molar-refractivity contribution in [2.24, 2.45) is 16.5 Å². The van der Waals surface area contributed by atoms with Crippen LogP contribution in [-0.2, 0) is 16.0 Å². The molecule has 13 nitrogen and oxygen atoms in total. The van der Waals surface area contributed by atoms with Gasteiger partial charge in [0.05, 0.1) is 12.0 Å². The number of aliphatic imine (C=N–C) groups is 1. The van der Waals surface area contributed by atoms with Crippen molar-refractivity contribution in [3.05, 3.63) is 41.4 Å². The van der Waals surface area contributed by atoms with Gasteiger partial charge in [-0.05, 0) is 44.3 Å².